The number of nitrogens with one attached hydrogen (secondary N) is 1. The van der Waals surface area contributed by atoms with E-state index in [9.17, 15) is 9.18 Å². The molecule has 0 unspecified atom stereocenters. The Hall–Kier alpha value is -2.35. The monoisotopic (exact) mass is 400 g/mol. The molecule has 0 bridgehead atoms. The maximum absolute atomic E-state index is 14.1. The molecule has 1 amide bonds. The van der Waals surface area contributed by atoms with Crippen LogP contribution in [0.4, 0.5) is 9.52 Å². The van der Waals surface area contributed by atoms with Gasteiger partial charge in [0.15, 0.2) is 5.13 Å². The lowest BCUT2D eigenvalue weighted by Gasteiger charge is -2.27. The molecule has 7 heteroatoms. The zero-order valence-corrected chi connectivity index (χ0v) is 16.4. The summed E-state index contributed by atoms with van der Waals surface area (Å²) in [6, 6.07) is 14.6. The lowest BCUT2D eigenvalue weighted by atomic mass is 10.1. The SMILES string of the molecule is O=C(Cc1ccccc1)N(CC[NH+]1CCOCC1)c1nc2c(F)cccc2s1. The maximum Gasteiger partial charge on any atom is 0.233 e. The zero-order valence-electron chi connectivity index (χ0n) is 15.6. The van der Waals surface area contributed by atoms with E-state index in [1.165, 1.54) is 22.3 Å². The third kappa shape index (κ3) is 4.38. The highest BCUT2D eigenvalue weighted by Crippen LogP contribution is 2.30. The summed E-state index contributed by atoms with van der Waals surface area (Å²) in [4.78, 5) is 20.7. The Morgan fingerprint density at radius 1 is 1.14 bits per heavy atom. The van der Waals surface area contributed by atoms with Crippen LogP contribution in [0.25, 0.3) is 10.2 Å². The topological polar surface area (TPSA) is 46.9 Å². The number of rotatable bonds is 6. The van der Waals surface area contributed by atoms with Gasteiger partial charge in [-0.1, -0.05) is 47.7 Å². The van der Waals surface area contributed by atoms with Crippen LogP contribution in [0, 0.1) is 5.82 Å². The lowest BCUT2D eigenvalue weighted by Crippen LogP contribution is -3.14. The van der Waals surface area contributed by atoms with Crippen LogP contribution < -0.4 is 9.80 Å². The van der Waals surface area contributed by atoms with Crippen molar-refractivity contribution in [2.45, 2.75) is 6.42 Å². The number of benzene rings is 2. The third-order valence-electron chi connectivity index (χ3n) is 4.98. The summed E-state index contributed by atoms with van der Waals surface area (Å²) in [6.45, 7) is 4.76. The number of amides is 1. The standard InChI is InChI=1S/C21H22FN3O2S/c22-17-7-4-8-18-20(17)23-21(28-18)25(10-9-24-11-13-27-14-12-24)19(26)15-16-5-2-1-3-6-16/h1-8H,9-15H2/p+1. The molecule has 3 aromatic rings. The molecular weight excluding hydrogens is 377 g/mol. The molecule has 0 aliphatic carbocycles. The van der Waals surface area contributed by atoms with Crippen LogP contribution >= 0.6 is 11.3 Å². The normalized spacial score (nSPS) is 15.0. The van der Waals surface area contributed by atoms with Crippen LogP contribution in [-0.4, -0.2) is 50.3 Å². The molecule has 1 aromatic heterocycles. The highest BCUT2D eigenvalue weighted by atomic mass is 32.1. The van der Waals surface area contributed by atoms with Crippen molar-refractivity contribution in [1.82, 2.24) is 4.98 Å². The molecule has 2 heterocycles. The summed E-state index contributed by atoms with van der Waals surface area (Å²) in [5.41, 5.74) is 1.29. The first-order chi connectivity index (χ1) is 13.7. The van der Waals surface area contributed by atoms with Crippen LogP contribution in [-0.2, 0) is 16.0 Å². The van der Waals surface area contributed by atoms with Gasteiger partial charge >= 0.3 is 0 Å². The van der Waals surface area contributed by atoms with Crippen LogP contribution in [0.3, 0.4) is 0 Å². The van der Waals surface area contributed by atoms with Gasteiger partial charge in [0.2, 0.25) is 5.91 Å². The molecule has 28 heavy (non-hydrogen) atoms. The molecule has 1 N–H and O–H groups in total. The van der Waals surface area contributed by atoms with Crippen molar-refractivity contribution >= 4 is 32.6 Å². The number of hydrogen-bond acceptors (Lipinski definition) is 4. The van der Waals surface area contributed by atoms with Gasteiger partial charge in [-0.25, -0.2) is 9.37 Å². The summed E-state index contributed by atoms with van der Waals surface area (Å²) in [7, 11) is 0. The Morgan fingerprint density at radius 2 is 1.93 bits per heavy atom. The maximum atomic E-state index is 14.1. The van der Waals surface area contributed by atoms with Crippen molar-refractivity contribution in [3.8, 4) is 0 Å². The molecule has 5 nitrogen and oxygen atoms in total. The molecule has 2 aromatic carbocycles. The van der Waals surface area contributed by atoms with Crippen LogP contribution in [0.1, 0.15) is 5.56 Å². The van der Waals surface area contributed by atoms with E-state index >= 15 is 0 Å². The molecule has 146 valence electrons. The average molecular weight is 400 g/mol. The fraction of sp³-hybridized carbons (Fsp3) is 0.333. The molecule has 0 saturated carbocycles. The van der Waals surface area contributed by atoms with Crippen molar-refractivity contribution in [2.24, 2.45) is 0 Å². The fourth-order valence-electron chi connectivity index (χ4n) is 3.39. The van der Waals surface area contributed by atoms with Crippen molar-refractivity contribution < 1.29 is 18.8 Å². The highest BCUT2D eigenvalue weighted by molar-refractivity contribution is 7.22. The van der Waals surface area contributed by atoms with E-state index in [0.29, 0.717) is 23.6 Å². The van der Waals surface area contributed by atoms with Gasteiger partial charge in [0, 0.05) is 0 Å². The highest BCUT2D eigenvalue weighted by Gasteiger charge is 2.23. The number of fused-ring (bicyclic) bond motifs is 1. The Morgan fingerprint density at radius 3 is 2.68 bits per heavy atom. The Labute approximate surface area is 167 Å². The number of morpholine rings is 1. The largest absolute Gasteiger partial charge is 0.370 e. The third-order valence-corrected chi connectivity index (χ3v) is 6.02. The molecular formula is C21H23FN3O2S+. The Kier molecular flexibility index (Phi) is 5.95. The number of ether oxygens (including phenoxy) is 1. The van der Waals surface area contributed by atoms with Gasteiger partial charge in [-0.15, -0.1) is 0 Å². The van der Waals surface area contributed by atoms with Crippen molar-refractivity contribution in [3.63, 3.8) is 0 Å². The fourth-order valence-corrected chi connectivity index (χ4v) is 4.41. The molecule has 4 rings (SSSR count). The van der Waals surface area contributed by atoms with E-state index in [2.05, 4.69) is 4.98 Å². The van der Waals surface area contributed by atoms with Gasteiger partial charge in [0.1, 0.15) is 24.4 Å². The molecule has 1 aliphatic heterocycles. The minimum absolute atomic E-state index is 0.0154. The number of anilines is 1. The molecule has 1 saturated heterocycles. The number of para-hydroxylation sites is 1. The van der Waals surface area contributed by atoms with Gasteiger partial charge in [0.25, 0.3) is 0 Å². The van der Waals surface area contributed by atoms with Gasteiger partial charge in [-0.05, 0) is 17.7 Å². The number of thiazole rings is 1. The lowest BCUT2D eigenvalue weighted by molar-refractivity contribution is -0.906. The summed E-state index contributed by atoms with van der Waals surface area (Å²) in [6.07, 6.45) is 0.303. The number of halogens is 1. The number of aromatic nitrogens is 1. The Balaban J connectivity index is 1.57. The number of carbonyl (C=O) groups is 1. The van der Waals surface area contributed by atoms with Gasteiger partial charge in [0.05, 0.1) is 37.4 Å². The predicted octanol–water partition coefficient (Wildman–Crippen LogP) is 1.93. The second kappa shape index (κ2) is 8.77. The molecule has 1 aliphatic rings. The van der Waals surface area contributed by atoms with Gasteiger partial charge in [-0.3, -0.25) is 9.69 Å². The quantitative estimate of drug-likeness (QED) is 0.688. The zero-order chi connectivity index (χ0) is 19.3. The molecule has 0 spiro atoms. The first-order valence-corrected chi connectivity index (χ1v) is 10.3. The van der Waals surface area contributed by atoms with E-state index in [-0.39, 0.29) is 11.7 Å². The van der Waals surface area contributed by atoms with E-state index in [1.54, 1.807) is 11.0 Å². The minimum Gasteiger partial charge on any atom is -0.370 e. The van der Waals surface area contributed by atoms with E-state index in [0.717, 1.165) is 43.1 Å². The van der Waals surface area contributed by atoms with Gasteiger partial charge in [-0.2, -0.15) is 0 Å². The first kappa shape index (κ1) is 19.0. The average Bonchev–Trinajstić information content (AvgIpc) is 3.15. The Bertz CT molecular complexity index is 941. The van der Waals surface area contributed by atoms with Crippen molar-refractivity contribution in [2.75, 3.05) is 44.3 Å². The first-order valence-electron chi connectivity index (χ1n) is 9.51. The van der Waals surface area contributed by atoms with E-state index in [1.807, 2.05) is 36.4 Å². The van der Waals surface area contributed by atoms with E-state index < -0.39 is 0 Å². The molecule has 1 fully saturated rings. The summed E-state index contributed by atoms with van der Waals surface area (Å²) in [5.74, 6) is -0.368. The van der Waals surface area contributed by atoms with Crippen molar-refractivity contribution in [3.05, 3.63) is 59.9 Å². The predicted molar refractivity (Wildman–Crippen MR) is 108 cm³/mol. The van der Waals surface area contributed by atoms with Gasteiger partial charge < -0.3 is 9.64 Å². The van der Waals surface area contributed by atoms with Crippen LogP contribution in [0.2, 0.25) is 0 Å². The molecule has 0 radical (unpaired) electrons. The van der Waals surface area contributed by atoms with E-state index in [4.69, 9.17) is 4.74 Å². The number of carbonyl (C=O) groups excluding carboxylic acids is 1. The van der Waals surface area contributed by atoms with Crippen LogP contribution in [0.5, 0.6) is 0 Å². The summed E-state index contributed by atoms with van der Waals surface area (Å²) < 4.78 is 20.3. The second-order valence-electron chi connectivity index (χ2n) is 6.90. The molecule has 0 atom stereocenters. The second-order valence-corrected chi connectivity index (χ2v) is 7.91. The smallest absolute Gasteiger partial charge is 0.233 e. The number of quaternary nitrogens is 1. The minimum atomic E-state index is -0.353. The number of hydrogen-bond donors (Lipinski definition) is 1. The summed E-state index contributed by atoms with van der Waals surface area (Å²) >= 11 is 1.37. The van der Waals surface area contributed by atoms with Crippen molar-refractivity contribution in [1.29, 1.82) is 0 Å². The van der Waals surface area contributed by atoms with Crippen LogP contribution in [0.15, 0.2) is 48.5 Å². The number of nitrogens with zero attached hydrogens (tertiary/aromatic N) is 2. The summed E-state index contributed by atoms with van der Waals surface area (Å²) in [5, 5.41) is 0.564.